The molecule has 1 N–H and O–H groups in total. The number of nitrogens with one attached hydrogen (secondary N) is 1. The lowest BCUT2D eigenvalue weighted by atomic mass is 9.97. The van der Waals surface area contributed by atoms with E-state index in [2.05, 4.69) is 5.32 Å². The third kappa shape index (κ3) is 4.19. The number of halogens is 2. The molecule has 0 aliphatic heterocycles. The van der Waals surface area contributed by atoms with Crippen LogP contribution >= 0.6 is 46.3 Å². The largest absolute Gasteiger partial charge is 0.325 e. The normalized spacial score (nSPS) is 14.6. The van der Waals surface area contributed by atoms with Crippen LogP contribution in [0.25, 0.3) is 10.2 Å². The molecule has 3 aromatic rings. The SMILES string of the molecule is C[C@@H](Sc1nc2sc3c(c2c(=O)n1C)CCCC3)C(=O)Nc1cc(Cl)cc(Cl)c1. The van der Waals surface area contributed by atoms with Gasteiger partial charge >= 0.3 is 0 Å². The summed E-state index contributed by atoms with van der Waals surface area (Å²) in [6.45, 7) is 1.78. The summed E-state index contributed by atoms with van der Waals surface area (Å²) in [5, 5.41) is 4.54. The number of fused-ring (bicyclic) bond motifs is 3. The minimum atomic E-state index is -0.460. The number of thioether (sulfide) groups is 1. The molecule has 0 saturated carbocycles. The summed E-state index contributed by atoms with van der Waals surface area (Å²) in [5.41, 5.74) is 1.67. The highest BCUT2D eigenvalue weighted by Gasteiger charge is 2.23. The lowest BCUT2D eigenvalue weighted by molar-refractivity contribution is -0.115. The molecule has 9 heteroatoms. The van der Waals surface area contributed by atoms with E-state index in [1.165, 1.54) is 22.2 Å². The van der Waals surface area contributed by atoms with Crippen molar-refractivity contribution in [2.45, 2.75) is 43.0 Å². The molecule has 0 spiro atoms. The fraction of sp³-hybridized carbons (Fsp3) is 0.350. The zero-order valence-corrected chi connectivity index (χ0v) is 19.1. The number of rotatable bonds is 4. The Morgan fingerprint density at radius 3 is 2.66 bits per heavy atom. The van der Waals surface area contributed by atoms with Crippen molar-refractivity contribution in [3.05, 3.63) is 49.0 Å². The Hall–Kier alpha value is -1.54. The van der Waals surface area contributed by atoms with Gasteiger partial charge in [0.2, 0.25) is 5.91 Å². The lowest BCUT2D eigenvalue weighted by Gasteiger charge is -2.14. The summed E-state index contributed by atoms with van der Waals surface area (Å²) in [4.78, 5) is 32.4. The number of benzene rings is 1. The number of anilines is 1. The van der Waals surface area contributed by atoms with Crippen molar-refractivity contribution in [1.29, 1.82) is 0 Å². The van der Waals surface area contributed by atoms with Crippen molar-refractivity contribution in [2.75, 3.05) is 5.32 Å². The summed E-state index contributed by atoms with van der Waals surface area (Å²) in [6, 6.07) is 4.88. The van der Waals surface area contributed by atoms with Crippen LogP contribution in [0.1, 0.15) is 30.2 Å². The minimum Gasteiger partial charge on any atom is -0.325 e. The fourth-order valence-corrected chi connectivity index (χ4v) is 6.16. The maximum atomic E-state index is 13.0. The maximum Gasteiger partial charge on any atom is 0.262 e. The second-order valence-corrected chi connectivity index (χ2v) is 10.3. The zero-order valence-electron chi connectivity index (χ0n) is 15.9. The third-order valence-electron chi connectivity index (χ3n) is 4.94. The van der Waals surface area contributed by atoms with Gasteiger partial charge in [0.15, 0.2) is 5.16 Å². The van der Waals surface area contributed by atoms with E-state index < -0.39 is 5.25 Å². The van der Waals surface area contributed by atoms with Crippen LogP contribution in [-0.2, 0) is 24.7 Å². The molecule has 0 fully saturated rings. The first-order valence-electron chi connectivity index (χ1n) is 9.28. The molecule has 1 atom stereocenters. The summed E-state index contributed by atoms with van der Waals surface area (Å²) in [6.07, 6.45) is 4.23. The highest BCUT2D eigenvalue weighted by Crippen LogP contribution is 2.35. The highest BCUT2D eigenvalue weighted by molar-refractivity contribution is 8.00. The smallest absolute Gasteiger partial charge is 0.262 e. The van der Waals surface area contributed by atoms with Crippen LogP contribution in [0, 0.1) is 0 Å². The van der Waals surface area contributed by atoms with E-state index in [0.29, 0.717) is 20.9 Å². The van der Waals surface area contributed by atoms with Crippen LogP contribution < -0.4 is 10.9 Å². The number of amides is 1. The molecule has 2 heterocycles. The molecule has 5 nitrogen and oxygen atoms in total. The van der Waals surface area contributed by atoms with E-state index in [9.17, 15) is 9.59 Å². The van der Waals surface area contributed by atoms with Crippen LogP contribution in [0.2, 0.25) is 10.0 Å². The molecule has 0 radical (unpaired) electrons. The first kappa shape index (κ1) is 20.7. The van der Waals surface area contributed by atoms with Gasteiger partial charge in [-0.1, -0.05) is 35.0 Å². The molecule has 4 rings (SSSR count). The number of hydrogen-bond donors (Lipinski definition) is 1. The molecular weight excluding hydrogens is 449 g/mol. The molecule has 1 amide bonds. The van der Waals surface area contributed by atoms with Crippen LogP contribution in [0.4, 0.5) is 5.69 Å². The molecule has 152 valence electrons. The molecule has 1 aliphatic rings. The molecule has 0 saturated heterocycles. The molecule has 1 aliphatic carbocycles. The topological polar surface area (TPSA) is 64.0 Å². The minimum absolute atomic E-state index is 0.0360. The van der Waals surface area contributed by atoms with E-state index in [1.54, 1.807) is 48.1 Å². The van der Waals surface area contributed by atoms with Crippen molar-refractivity contribution in [3.8, 4) is 0 Å². The van der Waals surface area contributed by atoms with E-state index >= 15 is 0 Å². The van der Waals surface area contributed by atoms with Gasteiger partial charge in [0.05, 0.1) is 10.6 Å². The molecule has 2 aromatic heterocycles. The maximum absolute atomic E-state index is 13.0. The van der Waals surface area contributed by atoms with Gasteiger partial charge in [0.1, 0.15) is 4.83 Å². The summed E-state index contributed by atoms with van der Waals surface area (Å²) in [7, 11) is 1.71. The molecule has 29 heavy (non-hydrogen) atoms. The number of carbonyl (C=O) groups excluding carboxylic acids is 1. The van der Waals surface area contributed by atoms with Crippen LogP contribution in [-0.4, -0.2) is 20.7 Å². The Bertz CT molecular complexity index is 1150. The highest BCUT2D eigenvalue weighted by atomic mass is 35.5. The van der Waals surface area contributed by atoms with E-state index in [1.807, 2.05) is 0 Å². The van der Waals surface area contributed by atoms with Crippen LogP contribution in [0.15, 0.2) is 28.2 Å². The van der Waals surface area contributed by atoms with Gasteiger partial charge in [0, 0.05) is 27.7 Å². The van der Waals surface area contributed by atoms with Gasteiger partial charge in [-0.15, -0.1) is 11.3 Å². The van der Waals surface area contributed by atoms with Gasteiger partial charge in [-0.05, 0) is 56.4 Å². The Balaban J connectivity index is 1.59. The van der Waals surface area contributed by atoms with Crippen LogP contribution in [0.3, 0.4) is 0 Å². The first-order chi connectivity index (χ1) is 13.8. The molecule has 0 unspecified atom stereocenters. The average molecular weight is 468 g/mol. The summed E-state index contributed by atoms with van der Waals surface area (Å²) in [5.74, 6) is -0.215. The Morgan fingerprint density at radius 2 is 1.93 bits per heavy atom. The van der Waals surface area contributed by atoms with Gasteiger partial charge in [0.25, 0.3) is 5.56 Å². The van der Waals surface area contributed by atoms with Gasteiger partial charge in [-0.25, -0.2) is 4.98 Å². The number of hydrogen-bond acceptors (Lipinski definition) is 5. The third-order valence-corrected chi connectivity index (χ3v) is 7.70. The summed E-state index contributed by atoms with van der Waals surface area (Å²) < 4.78 is 1.55. The second-order valence-electron chi connectivity index (χ2n) is 7.06. The Labute approximate surface area is 186 Å². The zero-order chi connectivity index (χ0) is 20.7. The van der Waals surface area contributed by atoms with E-state index in [-0.39, 0.29) is 11.5 Å². The number of carbonyl (C=O) groups is 1. The average Bonchev–Trinajstić information content (AvgIpc) is 3.03. The van der Waals surface area contributed by atoms with E-state index in [4.69, 9.17) is 28.2 Å². The molecular formula is C20H19Cl2N3O2S2. The van der Waals surface area contributed by atoms with Gasteiger partial charge in [-0.2, -0.15) is 0 Å². The standard InChI is InChI=1S/C20H19Cl2N3O2S2/c1-10(17(26)23-13-8-11(21)7-12(22)9-13)28-20-24-18-16(19(27)25(20)2)14-5-3-4-6-15(14)29-18/h7-10H,3-6H2,1-2H3,(H,23,26)/t10-/m1/s1. The predicted octanol–water partition coefficient (Wildman–Crippen LogP) is 5.30. The first-order valence-corrected chi connectivity index (χ1v) is 11.7. The second kappa shape index (κ2) is 8.30. The van der Waals surface area contributed by atoms with E-state index in [0.717, 1.165) is 35.9 Å². The van der Waals surface area contributed by atoms with Crippen molar-refractivity contribution in [3.63, 3.8) is 0 Å². The number of nitrogens with zero attached hydrogens (tertiary/aromatic N) is 2. The molecule has 1 aromatic carbocycles. The van der Waals surface area contributed by atoms with Crippen molar-refractivity contribution >= 4 is 68.1 Å². The number of aromatic nitrogens is 2. The summed E-state index contributed by atoms with van der Waals surface area (Å²) >= 11 is 14.9. The van der Waals surface area contributed by atoms with Gasteiger partial charge in [-0.3, -0.25) is 14.2 Å². The predicted molar refractivity (Wildman–Crippen MR) is 122 cm³/mol. The van der Waals surface area contributed by atoms with Gasteiger partial charge < -0.3 is 5.32 Å². The lowest BCUT2D eigenvalue weighted by Crippen LogP contribution is -2.25. The van der Waals surface area contributed by atoms with Crippen molar-refractivity contribution in [2.24, 2.45) is 7.05 Å². The number of aryl methyl sites for hydroxylation is 2. The Kier molecular flexibility index (Phi) is 5.93. The van der Waals surface area contributed by atoms with Crippen molar-refractivity contribution < 1.29 is 4.79 Å². The number of thiophene rings is 1. The fourth-order valence-electron chi connectivity index (χ4n) is 3.45. The Morgan fingerprint density at radius 1 is 1.24 bits per heavy atom. The van der Waals surface area contributed by atoms with Crippen LogP contribution in [0.5, 0.6) is 0 Å². The quantitative estimate of drug-likeness (QED) is 0.417. The monoisotopic (exact) mass is 467 g/mol. The van der Waals surface area contributed by atoms with Crippen molar-refractivity contribution in [1.82, 2.24) is 9.55 Å². The molecule has 0 bridgehead atoms.